The van der Waals surface area contributed by atoms with Gasteiger partial charge in [0.1, 0.15) is 12.4 Å². The van der Waals surface area contributed by atoms with Crippen molar-refractivity contribution in [2.75, 3.05) is 19.7 Å². The standard InChI is InChI=1S/C14H15ClFNO4/c15-9-1-2-11(12(16)7-9)14(20)17-5-3-10(4-6-17)21-8-13(18)19/h1-2,7,10H,3-6,8H2,(H,18,19). The third-order valence-electron chi connectivity index (χ3n) is 3.33. The number of nitrogens with zero attached hydrogens (tertiary/aromatic N) is 1. The second-order valence-corrected chi connectivity index (χ2v) is 5.26. The first-order valence-electron chi connectivity index (χ1n) is 6.55. The summed E-state index contributed by atoms with van der Waals surface area (Å²) in [4.78, 5) is 24.2. The molecule has 0 saturated carbocycles. The number of hydrogen-bond acceptors (Lipinski definition) is 3. The van der Waals surface area contributed by atoms with Gasteiger partial charge in [-0.3, -0.25) is 4.79 Å². The molecule has 7 heteroatoms. The van der Waals surface area contributed by atoms with Crippen molar-refractivity contribution in [3.05, 3.63) is 34.6 Å². The number of rotatable bonds is 4. The molecule has 0 spiro atoms. The molecule has 114 valence electrons. The van der Waals surface area contributed by atoms with Gasteiger partial charge in [0.15, 0.2) is 0 Å². The molecule has 1 saturated heterocycles. The molecule has 2 rings (SSSR count). The number of halogens is 2. The molecule has 5 nitrogen and oxygen atoms in total. The lowest BCUT2D eigenvalue weighted by atomic mass is 10.1. The second kappa shape index (κ2) is 6.87. The maximum Gasteiger partial charge on any atom is 0.329 e. The van der Waals surface area contributed by atoms with E-state index in [1.54, 1.807) is 0 Å². The minimum Gasteiger partial charge on any atom is -0.480 e. The number of carboxylic acids is 1. The lowest BCUT2D eigenvalue weighted by Crippen LogP contribution is -2.41. The Morgan fingerprint density at radius 2 is 2.05 bits per heavy atom. The highest BCUT2D eigenvalue weighted by Crippen LogP contribution is 2.20. The lowest BCUT2D eigenvalue weighted by Gasteiger charge is -2.31. The highest BCUT2D eigenvalue weighted by Gasteiger charge is 2.26. The number of carboxylic acid groups (broad SMARTS) is 1. The maximum absolute atomic E-state index is 13.7. The third-order valence-corrected chi connectivity index (χ3v) is 3.57. The number of piperidine rings is 1. The van der Waals surface area contributed by atoms with Crippen LogP contribution in [0.25, 0.3) is 0 Å². The number of hydrogen-bond donors (Lipinski definition) is 1. The largest absolute Gasteiger partial charge is 0.480 e. The van der Waals surface area contributed by atoms with Crippen LogP contribution in [0.3, 0.4) is 0 Å². The zero-order chi connectivity index (χ0) is 15.4. The molecule has 1 heterocycles. The van der Waals surface area contributed by atoms with Gasteiger partial charge in [0.05, 0.1) is 11.7 Å². The molecule has 0 aliphatic carbocycles. The van der Waals surface area contributed by atoms with Crippen LogP contribution in [0, 0.1) is 5.82 Å². The van der Waals surface area contributed by atoms with Crippen LogP contribution in [-0.4, -0.2) is 47.7 Å². The third kappa shape index (κ3) is 4.15. The van der Waals surface area contributed by atoms with Crippen molar-refractivity contribution in [1.29, 1.82) is 0 Å². The minimum atomic E-state index is -1.02. The summed E-state index contributed by atoms with van der Waals surface area (Å²) in [6, 6.07) is 3.95. The lowest BCUT2D eigenvalue weighted by molar-refractivity contribution is -0.145. The van der Waals surface area contributed by atoms with Crippen molar-refractivity contribution in [1.82, 2.24) is 4.90 Å². The van der Waals surface area contributed by atoms with Crippen LogP contribution in [0.2, 0.25) is 5.02 Å². The van der Waals surface area contributed by atoms with Gasteiger partial charge in [0.25, 0.3) is 5.91 Å². The highest BCUT2D eigenvalue weighted by atomic mass is 35.5. The molecule has 1 aliphatic heterocycles. The Balaban J connectivity index is 1.92. The topological polar surface area (TPSA) is 66.8 Å². The summed E-state index contributed by atoms with van der Waals surface area (Å²) in [5.74, 6) is -2.05. The molecule has 0 aromatic heterocycles. The monoisotopic (exact) mass is 315 g/mol. The van der Waals surface area contributed by atoms with E-state index in [-0.39, 0.29) is 29.2 Å². The van der Waals surface area contributed by atoms with Gasteiger partial charge in [-0.15, -0.1) is 0 Å². The average molecular weight is 316 g/mol. The Bertz CT molecular complexity index is 544. The summed E-state index contributed by atoms with van der Waals surface area (Å²) in [6.07, 6.45) is 0.892. The molecule has 1 amide bonds. The molecule has 0 bridgehead atoms. The first-order valence-corrected chi connectivity index (χ1v) is 6.93. The van der Waals surface area contributed by atoms with Gasteiger partial charge in [-0.2, -0.15) is 0 Å². The van der Waals surface area contributed by atoms with Gasteiger partial charge in [0.2, 0.25) is 0 Å². The molecular formula is C14H15ClFNO4. The molecule has 0 atom stereocenters. The van der Waals surface area contributed by atoms with Gasteiger partial charge in [-0.05, 0) is 31.0 Å². The van der Waals surface area contributed by atoms with Crippen LogP contribution in [-0.2, 0) is 9.53 Å². The second-order valence-electron chi connectivity index (χ2n) is 4.82. The molecule has 1 aromatic carbocycles. The number of aliphatic carboxylic acids is 1. The van der Waals surface area contributed by atoms with Crippen molar-refractivity contribution in [2.24, 2.45) is 0 Å². The predicted molar refractivity (Wildman–Crippen MR) is 73.9 cm³/mol. The number of carbonyl (C=O) groups excluding carboxylic acids is 1. The SMILES string of the molecule is O=C(O)COC1CCN(C(=O)c2ccc(Cl)cc2F)CC1. The maximum atomic E-state index is 13.7. The van der Waals surface area contributed by atoms with Crippen molar-refractivity contribution in [2.45, 2.75) is 18.9 Å². The molecule has 0 unspecified atom stereocenters. The fourth-order valence-corrected chi connectivity index (χ4v) is 2.41. The number of carbonyl (C=O) groups is 2. The Kier molecular flexibility index (Phi) is 5.14. The first-order chi connectivity index (χ1) is 9.97. The fraction of sp³-hybridized carbons (Fsp3) is 0.429. The van der Waals surface area contributed by atoms with E-state index in [2.05, 4.69) is 0 Å². The van der Waals surface area contributed by atoms with Crippen molar-refractivity contribution < 1.29 is 23.8 Å². The minimum absolute atomic E-state index is 0.00990. The zero-order valence-corrected chi connectivity index (χ0v) is 12.0. The summed E-state index contributed by atoms with van der Waals surface area (Å²) in [5.41, 5.74) is -0.00990. The molecule has 1 N–H and O–H groups in total. The van der Waals surface area contributed by atoms with Gasteiger partial charge in [-0.1, -0.05) is 11.6 Å². The van der Waals surface area contributed by atoms with Crippen LogP contribution in [0.5, 0.6) is 0 Å². The number of benzene rings is 1. The first kappa shape index (κ1) is 15.7. The van der Waals surface area contributed by atoms with Crippen LogP contribution >= 0.6 is 11.6 Å². The summed E-state index contributed by atoms with van der Waals surface area (Å²) >= 11 is 5.66. The summed E-state index contributed by atoms with van der Waals surface area (Å²) in [6.45, 7) is 0.473. The highest BCUT2D eigenvalue weighted by molar-refractivity contribution is 6.30. The Hall–Kier alpha value is -1.66. The van der Waals surface area contributed by atoms with Gasteiger partial charge in [-0.25, -0.2) is 9.18 Å². The van der Waals surface area contributed by atoms with Crippen LogP contribution in [0.4, 0.5) is 4.39 Å². The average Bonchev–Trinajstić information content (AvgIpc) is 2.45. The molecule has 21 heavy (non-hydrogen) atoms. The Labute approximate surface area is 126 Å². The van der Waals surface area contributed by atoms with Crippen molar-refractivity contribution in [3.8, 4) is 0 Å². The van der Waals surface area contributed by atoms with E-state index in [9.17, 15) is 14.0 Å². The van der Waals surface area contributed by atoms with E-state index in [0.717, 1.165) is 6.07 Å². The number of ether oxygens (including phenoxy) is 1. The molecule has 1 aromatic rings. The van der Waals surface area contributed by atoms with Crippen LogP contribution < -0.4 is 0 Å². The predicted octanol–water partition coefficient (Wildman–Crippen LogP) is 2.18. The number of amides is 1. The van der Waals surface area contributed by atoms with E-state index in [4.69, 9.17) is 21.4 Å². The van der Waals surface area contributed by atoms with Gasteiger partial charge >= 0.3 is 5.97 Å². The Morgan fingerprint density at radius 3 is 2.62 bits per heavy atom. The normalized spacial score (nSPS) is 16.0. The zero-order valence-electron chi connectivity index (χ0n) is 11.2. The van der Waals surface area contributed by atoms with E-state index in [0.29, 0.717) is 25.9 Å². The smallest absolute Gasteiger partial charge is 0.329 e. The molecule has 0 radical (unpaired) electrons. The number of likely N-dealkylation sites (tertiary alicyclic amines) is 1. The summed E-state index contributed by atoms with van der Waals surface area (Å²) < 4.78 is 18.9. The quantitative estimate of drug-likeness (QED) is 0.925. The van der Waals surface area contributed by atoms with E-state index in [1.165, 1.54) is 17.0 Å². The Morgan fingerprint density at radius 1 is 1.38 bits per heavy atom. The van der Waals surface area contributed by atoms with E-state index < -0.39 is 11.8 Å². The van der Waals surface area contributed by atoms with Crippen LogP contribution in [0.1, 0.15) is 23.2 Å². The fourth-order valence-electron chi connectivity index (χ4n) is 2.25. The van der Waals surface area contributed by atoms with E-state index in [1.807, 2.05) is 0 Å². The summed E-state index contributed by atoms with van der Waals surface area (Å²) in [5, 5.41) is 8.78. The molecule has 1 aliphatic rings. The molecule has 1 fully saturated rings. The van der Waals surface area contributed by atoms with E-state index >= 15 is 0 Å². The van der Waals surface area contributed by atoms with Crippen LogP contribution in [0.15, 0.2) is 18.2 Å². The van der Waals surface area contributed by atoms with Gasteiger partial charge < -0.3 is 14.7 Å². The summed E-state index contributed by atoms with van der Waals surface area (Å²) in [7, 11) is 0. The van der Waals surface area contributed by atoms with Crippen molar-refractivity contribution in [3.63, 3.8) is 0 Å². The molecular weight excluding hydrogens is 301 g/mol. The van der Waals surface area contributed by atoms with Crippen molar-refractivity contribution >= 4 is 23.5 Å². The van der Waals surface area contributed by atoms with Gasteiger partial charge in [0, 0.05) is 18.1 Å².